The Morgan fingerprint density at radius 3 is 2.52 bits per heavy atom. The van der Waals surface area contributed by atoms with Crippen LogP contribution in [0.2, 0.25) is 5.15 Å². The van der Waals surface area contributed by atoms with Crippen LogP contribution in [0.4, 0.5) is 19.1 Å². The van der Waals surface area contributed by atoms with E-state index in [4.69, 9.17) is 16.3 Å². The maximum Gasteiger partial charge on any atom is 0.420 e. The van der Waals surface area contributed by atoms with E-state index in [-0.39, 0.29) is 18.5 Å². The molecule has 0 saturated carbocycles. The van der Waals surface area contributed by atoms with Gasteiger partial charge in [-0.2, -0.15) is 23.1 Å². The number of aromatic nitrogens is 2. The number of rotatable bonds is 2. The SMILES string of the molecule is COC1=NC(P(C)(C)=O)=CCN1c1ncc(C(F)(F)F)c(Cl)n1. The van der Waals surface area contributed by atoms with E-state index in [1.54, 1.807) is 19.4 Å². The second-order valence-electron chi connectivity index (χ2n) is 4.99. The van der Waals surface area contributed by atoms with Gasteiger partial charge in [0, 0.05) is 6.20 Å². The third-order valence-corrected chi connectivity index (χ3v) is 4.58. The van der Waals surface area contributed by atoms with Crippen LogP contribution < -0.4 is 4.90 Å². The average Bonchev–Trinajstić information content (AvgIpc) is 2.44. The van der Waals surface area contributed by atoms with Crippen molar-refractivity contribution in [1.82, 2.24) is 9.97 Å². The summed E-state index contributed by atoms with van der Waals surface area (Å²) < 4.78 is 55.2. The highest BCUT2D eigenvalue weighted by molar-refractivity contribution is 7.66. The van der Waals surface area contributed by atoms with Crippen LogP contribution >= 0.6 is 18.7 Å². The van der Waals surface area contributed by atoms with Crippen molar-refractivity contribution in [1.29, 1.82) is 0 Å². The summed E-state index contributed by atoms with van der Waals surface area (Å²) in [7, 11) is -1.27. The zero-order valence-electron chi connectivity index (χ0n) is 12.4. The van der Waals surface area contributed by atoms with Crippen molar-refractivity contribution in [2.45, 2.75) is 6.18 Å². The molecule has 126 valence electrons. The minimum absolute atomic E-state index is 0.0299. The van der Waals surface area contributed by atoms with Crippen molar-refractivity contribution in [2.75, 3.05) is 31.9 Å². The predicted molar refractivity (Wildman–Crippen MR) is 81.4 cm³/mol. The molecule has 0 unspecified atom stereocenters. The fourth-order valence-electron chi connectivity index (χ4n) is 1.79. The number of methoxy groups -OCH3 is 1. The highest BCUT2D eigenvalue weighted by Gasteiger charge is 2.35. The summed E-state index contributed by atoms with van der Waals surface area (Å²) >= 11 is 5.59. The van der Waals surface area contributed by atoms with E-state index >= 15 is 0 Å². The molecule has 1 aliphatic rings. The Morgan fingerprint density at radius 1 is 1.39 bits per heavy atom. The normalized spacial score (nSPS) is 16.0. The fourth-order valence-corrected chi connectivity index (χ4v) is 2.87. The van der Waals surface area contributed by atoms with Gasteiger partial charge in [0.05, 0.1) is 13.7 Å². The van der Waals surface area contributed by atoms with Crippen LogP contribution in [0.5, 0.6) is 0 Å². The molecule has 0 saturated heterocycles. The second-order valence-corrected chi connectivity index (χ2v) is 8.51. The number of hydrogen-bond acceptors (Lipinski definition) is 6. The largest absolute Gasteiger partial charge is 0.468 e. The maximum absolute atomic E-state index is 12.7. The highest BCUT2D eigenvalue weighted by atomic mass is 35.5. The molecule has 2 rings (SSSR count). The van der Waals surface area contributed by atoms with Crippen molar-refractivity contribution in [3.63, 3.8) is 0 Å². The Balaban J connectivity index is 2.37. The second kappa shape index (κ2) is 6.13. The van der Waals surface area contributed by atoms with Crippen LogP contribution in [0.1, 0.15) is 5.56 Å². The number of hydrogen-bond donors (Lipinski definition) is 0. The summed E-state index contributed by atoms with van der Waals surface area (Å²) in [6, 6.07) is 0.0299. The molecule has 23 heavy (non-hydrogen) atoms. The maximum atomic E-state index is 12.7. The Kier molecular flexibility index (Phi) is 4.73. The van der Waals surface area contributed by atoms with E-state index in [2.05, 4.69) is 15.0 Å². The van der Waals surface area contributed by atoms with Crippen LogP contribution in [0, 0.1) is 0 Å². The van der Waals surface area contributed by atoms with Crippen LogP contribution in [-0.2, 0) is 15.5 Å². The van der Waals surface area contributed by atoms with E-state index in [9.17, 15) is 17.7 Å². The van der Waals surface area contributed by atoms with Gasteiger partial charge in [-0.25, -0.2) is 4.98 Å². The van der Waals surface area contributed by atoms with Crippen molar-refractivity contribution in [3.8, 4) is 0 Å². The number of nitrogens with zero attached hydrogens (tertiary/aromatic N) is 4. The molecule has 0 bridgehead atoms. The lowest BCUT2D eigenvalue weighted by molar-refractivity contribution is -0.137. The van der Waals surface area contributed by atoms with Gasteiger partial charge >= 0.3 is 6.18 Å². The molecule has 0 spiro atoms. The number of halogens is 4. The smallest absolute Gasteiger partial charge is 0.420 e. The lowest BCUT2D eigenvalue weighted by atomic mass is 10.3. The average molecular weight is 369 g/mol. The van der Waals surface area contributed by atoms with Crippen LogP contribution in [0.15, 0.2) is 22.7 Å². The van der Waals surface area contributed by atoms with E-state index < -0.39 is 24.0 Å². The van der Waals surface area contributed by atoms with Gasteiger partial charge in [-0.3, -0.25) is 4.90 Å². The third kappa shape index (κ3) is 3.84. The van der Waals surface area contributed by atoms with Gasteiger partial charge in [0.15, 0.2) is 0 Å². The fraction of sp³-hybridized carbons (Fsp3) is 0.417. The molecular formula is C12H13ClF3N4O2P. The van der Waals surface area contributed by atoms with Gasteiger partial charge in [0.2, 0.25) is 5.95 Å². The summed E-state index contributed by atoms with van der Waals surface area (Å²) in [5.41, 5.74) is -0.762. The molecular weight excluding hydrogens is 356 g/mol. The van der Waals surface area contributed by atoms with Crippen LogP contribution in [0.25, 0.3) is 0 Å². The Labute approximate surface area is 135 Å². The third-order valence-electron chi connectivity index (χ3n) is 2.91. The van der Waals surface area contributed by atoms with Gasteiger partial charge in [-0.15, -0.1) is 0 Å². The molecule has 0 aromatic carbocycles. The number of amidine groups is 1. The molecule has 1 aliphatic heterocycles. The van der Waals surface area contributed by atoms with E-state index in [1.807, 2.05) is 0 Å². The number of anilines is 1. The van der Waals surface area contributed by atoms with Gasteiger partial charge in [0.1, 0.15) is 23.3 Å². The topological polar surface area (TPSA) is 67.7 Å². The zero-order chi connectivity index (χ0) is 17.4. The van der Waals surface area contributed by atoms with E-state index in [1.165, 1.54) is 12.0 Å². The van der Waals surface area contributed by atoms with Gasteiger partial charge in [-0.05, 0) is 19.4 Å². The van der Waals surface area contributed by atoms with Gasteiger partial charge in [0.25, 0.3) is 6.02 Å². The minimum atomic E-state index is -4.64. The molecule has 1 aromatic rings. The first-order valence-electron chi connectivity index (χ1n) is 6.29. The quantitative estimate of drug-likeness (QED) is 0.591. The lowest BCUT2D eigenvalue weighted by Crippen LogP contribution is -2.36. The van der Waals surface area contributed by atoms with Crippen molar-refractivity contribution < 1.29 is 22.5 Å². The van der Waals surface area contributed by atoms with Crippen molar-refractivity contribution in [2.24, 2.45) is 4.99 Å². The predicted octanol–water partition coefficient (Wildman–Crippen LogP) is 3.44. The summed E-state index contributed by atoms with van der Waals surface area (Å²) in [4.78, 5) is 12.7. The van der Waals surface area contributed by atoms with Gasteiger partial charge in [-0.1, -0.05) is 11.6 Å². The monoisotopic (exact) mass is 368 g/mol. The molecule has 6 nitrogen and oxygen atoms in total. The first kappa shape index (κ1) is 17.7. The number of ether oxygens (including phenoxy) is 1. The number of aliphatic imine (C=N–C) groups is 1. The van der Waals surface area contributed by atoms with Crippen LogP contribution in [-0.4, -0.2) is 43.0 Å². The first-order chi connectivity index (χ1) is 10.5. The summed E-state index contributed by atoms with van der Waals surface area (Å²) in [6.07, 6.45) is -2.46. The van der Waals surface area contributed by atoms with Crippen molar-refractivity contribution >= 4 is 30.7 Å². The zero-order valence-corrected chi connectivity index (χ0v) is 14.1. The minimum Gasteiger partial charge on any atom is -0.468 e. The molecule has 2 heterocycles. The van der Waals surface area contributed by atoms with Crippen molar-refractivity contribution in [3.05, 3.63) is 28.4 Å². The molecule has 0 amide bonds. The molecule has 0 atom stereocenters. The Morgan fingerprint density at radius 2 is 2.04 bits per heavy atom. The number of alkyl halides is 3. The molecule has 0 fully saturated rings. The summed E-state index contributed by atoms with van der Waals surface area (Å²) in [6.45, 7) is 3.25. The summed E-state index contributed by atoms with van der Waals surface area (Å²) in [5.74, 6) is -0.0964. The van der Waals surface area contributed by atoms with E-state index in [0.717, 1.165) is 0 Å². The molecule has 11 heteroatoms. The summed E-state index contributed by atoms with van der Waals surface area (Å²) in [5, 5.41) is -0.718. The highest BCUT2D eigenvalue weighted by Crippen LogP contribution is 2.47. The standard InChI is InChI=1S/C12H13ClF3N4O2P/c1-22-11-18-8(23(2,3)21)4-5-20(11)10-17-6-7(9(13)19-10)12(14,15)16/h4,6H,5H2,1-3H3. The molecule has 1 aromatic heterocycles. The lowest BCUT2D eigenvalue weighted by Gasteiger charge is -2.26. The molecule has 0 N–H and O–H groups in total. The Hall–Kier alpha value is -1.60. The first-order valence-corrected chi connectivity index (χ1v) is 9.27. The van der Waals surface area contributed by atoms with Gasteiger partial charge < -0.3 is 9.30 Å². The molecule has 0 aliphatic carbocycles. The molecule has 0 radical (unpaired) electrons. The van der Waals surface area contributed by atoms with E-state index in [0.29, 0.717) is 11.6 Å². The van der Waals surface area contributed by atoms with Crippen LogP contribution in [0.3, 0.4) is 0 Å². The Bertz CT molecular complexity index is 730.